The molecule has 0 aromatic heterocycles. The molecule has 1 aliphatic carbocycles. The molecule has 1 saturated heterocycles. The maximum atomic E-state index is 13.2. The molecule has 3 atom stereocenters. The summed E-state index contributed by atoms with van der Waals surface area (Å²) in [5, 5.41) is 2.31. The molecule has 0 aromatic carbocycles. The number of hydrogen-bond donors (Lipinski definition) is 1. The van der Waals surface area contributed by atoms with Gasteiger partial charge in [0.25, 0.3) is 0 Å². The van der Waals surface area contributed by atoms with Crippen molar-refractivity contribution in [3.05, 3.63) is 23.8 Å². The zero-order valence-electron chi connectivity index (χ0n) is 13.0. The van der Waals surface area contributed by atoms with Crippen LogP contribution in [0.4, 0.5) is 0 Å². The number of alkyl halides is 1. The summed E-state index contributed by atoms with van der Waals surface area (Å²) in [6, 6.07) is -0.907. The number of nitrogens with zero attached hydrogens (tertiary/aromatic N) is 2. The number of halogens is 1. The molecule has 1 N–H and O–H groups in total. The first kappa shape index (κ1) is 16.4. The van der Waals surface area contributed by atoms with E-state index in [0.29, 0.717) is 12.3 Å². The van der Waals surface area contributed by atoms with Crippen LogP contribution < -0.4 is 5.32 Å². The van der Waals surface area contributed by atoms with E-state index in [1.807, 2.05) is 25.2 Å². The van der Waals surface area contributed by atoms with Crippen molar-refractivity contribution in [1.29, 1.82) is 0 Å². The van der Waals surface area contributed by atoms with Crippen LogP contribution in [-0.2, 0) is 14.4 Å². The lowest BCUT2D eigenvalue weighted by Crippen LogP contribution is -2.62. The number of carbonyl (C=O) groups is 3. The number of allylic oxidation sites excluding steroid dienone is 2. The van der Waals surface area contributed by atoms with Gasteiger partial charge in [0, 0.05) is 10.8 Å². The van der Waals surface area contributed by atoms with Crippen molar-refractivity contribution < 1.29 is 14.4 Å². The molecule has 0 spiro atoms. The number of amidine groups is 1. The van der Waals surface area contributed by atoms with Gasteiger partial charge in [0.15, 0.2) is 0 Å². The van der Waals surface area contributed by atoms with Crippen LogP contribution in [-0.4, -0.2) is 45.0 Å². The third kappa shape index (κ3) is 2.64. The van der Waals surface area contributed by atoms with Gasteiger partial charge in [-0.25, -0.2) is 0 Å². The van der Waals surface area contributed by atoms with E-state index >= 15 is 0 Å². The van der Waals surface area contributed by atoms with Crippen molar-refractivity contribution in [3.8, 4) is 0 Å². The molecule has 3 amide bonds. The molecular formula is C16H18IN3O3. The van der Waals surface area contributed by atoms with Crippen LogP contribution in [0.5, 0.6) is 0 Å². The van der Waals surface area contributed by atoms with E-state index in [0.717, 1.165) is 10.0 Å². The van der Waals surface area contributed by atoms with Crippen molar-refractivity contribution in [2.45, 2.75) is 38.8 Å². The Labute approximate surface area is 148 Å². The molecule has 3 rings (SSSR count). The Balaban J connectivity index is 1.99. The molecule has 3 unspecified atom stereocenters. The highest BCUT2D eigenvalue weighted by atomic mass is 127. The van der Waals surface area contributed by atoms with E-state index in [-0.39, 0.29) is 24.3 Å². The van der Waals surface area contributed by atoms with Crippen LogP contribution in [0.25, 0.3) is 0 Å². The summed E-state index contributed by atoms with van der Waals surface area (Å²) in [5.41, 5.74) is 0.298. The van der Waals surface area contributed by atoms with Crippen molar-refractivity contribution in [3.63, 3.8) is 0 Å². The standard InChI is InChI=1S/C16H18IN3O3/c1-9-18-12-5-3-10(8-17)7-16(12,2)15(23)20(9)11-4-6-13(21)19-14(11)22/h3,5,7,11-12H,4,6,8H2,1-2H3,(H,19,21,22). The van der Waals surface area contributed by atoms with Gasteiger partial charge in [-0.05, 0) is 25.8 Å². The van der Waals surface area contributed by atoms with Gasteiger partial charge in [0.2, 0.25) is 17.7 Å². The molecular weight excluding hydrogens is 409 g/mol. The largest absolute Gasteiger partial charge is 0.295 e. The number of piperidine rings is 1. The molecule has 0 aromatic rings. The zero-order chi connectivity index (χ0) is 16.8. The van der Waals surface area contributed by atoms with Crippen molar-refractivity contribution in [1.82, 2.24) is 10.2 Å². The van der Waals surface area contributed by atoms with Gasteiger partial charge in [0.05, 0.1) is 11.5 Å². The van der Waals surface area contributed by atoms with Crippen LogP contribution >= 0.6 is 22.6 Å². The van der Waals surface area contributed by atoms with E-state index < -0.39 is 17.4 Å². The molecule has 2 heterocycles. The Hall–Kier alpha value is -1.51. The fourth-order valence-electron chi connectivity index (χ4n) is 3.35. The highest BCUT2D eigenvalue weighted by Gasteiger charge is 2.50. The highest BCUT2D eigenvalue weighted by Crippen LogP contribution is 2.39. The Morgan fingerprint density at radius 1 is 1.43 bits per heavy atom. The Bertz CT molecular complexity index is 682. The number of hydrogen-bond acceptors (Lipinski definition) is 4. The van der Waals surface area contributed by atoms with E-state index in [1.54, 1.807) is 6.92 Å². The summed E-state index contributed by atoms with van der Waals surface area (Å²) in [7, 11) is 0. The van der Waals surface area contributed by atoms with Crippen molar-refractivity contribution >= 4 is 46.1 Å². The van der Waals surface area contributed by atoms with Gasteiger partial charge in [-0.1, -0.05) is 40.8 Å². The Morgan fingerprint density at radius 2 is 2.17 bits per heavy atom. The second kappa shape index (κ2) is 5.85. The lowest BCUT2D eigenvalue weighted by atomic mass is 9.75. The monoisotopic (exact) mass is 427 g/mol. The second-order valence-electron chi connectivity index (χ2n) is 6.26. The lowest BCUT2D eigenvalue weighted by molar-refractivity contribution is -0.146. The predicted molar refractivity (Wildman–Crippen MR) is 94.1 cm³/mol. The van der Waals surface area contributed by atoms with E-state index in [9.17, 15) is 14.4 Å². The van der Waals surface area contributed by atoms with Crippen LogP contribution in [0.15, 0.2) is 28.8 Å². The summed E-state index contributed by atoms with van der Waals surface area (Å²) in [4.78, 5) is 42.8. The molecule has 3 aliphatic rings. The van der Waals surface area contributed by atoms with Gasteiger partial charge in [-0.3, -0.25) is 29.6 Å². The minimum atomic E-state index is -0.781. The first-order valence-electron chi connectivity index (χ1n) is 7.54. The number of rotatable bonds is 2. The van der Waals surface area contributed by atoms with Gasteiger partial charge in [-0.2, -0.15) is 0 Å². The van der Waals surface area contributed by atoms with Gasteiger partial charge in [-0.15, -0.1) is 0 Å². The van der Waals surface area contributed by atoms with Gasteiger partial charge < -0.3 is 0 Å². The average molecular weight is 427 g/mol. The molecule has 23 heavy (non-hydrogen) atoms. The summed E-state index contributed by atoms with van der Waals surface area (Å²) in [5.74, 6) is -0.308. The first-order valence-corrected chi connectivity index (χ1v) is 9.07. The number of nitrogens with one attached hydrogen (secondary N) is 1. The van der Waals surface area contributed by atoms with Gasteiger partial charge in [0.1, 0.15) is 11.9 Å². The average Bonchev–Trinajstić information content (AvgIpc) is 2.50. The predicted octanol–water partition coefficient (Wildman–Crippen LogP) is 1.36. The minimum Gasteiger partial charge on any atom is -0.295 e. The maximum Gasteiger partial charge on any atom is 0.249 e. The number of amides is 3. The number of fused-ring (bicyclic) bond motifs is 1. The molecule has 0 radical (unpaired) electrons. The molecule has 122 valence electrons. The van der Waals surface area contributed by atoms with Crippen LogP contribution in [0.2, 0.25) is 0 Å². The second-order valence-corrected chi connectivity index (χ2v) is 7.02. The molecule has 7 heteroatoms. The first-order chi connectivity index (χ1) is 10.9. The van der Waals surface area contributed by atoms with Crippen molar-refractivity contribution in [2.24, 2.45) is 10.4 Å². The third-order valence-electron chi connectivity index (χ3n) is 4.62. The van der Waals surface area contributed by atoms with Crippen LogP contribution in [0.1, 0.15) is 26.7 Å². The van der Waals surface area contributed by atoms with E-state index in [2.05, 4.69) is 32.9 Å². The Morgan fingerprint density at radius 3 is 2.83 bits per heavy atom. The fourth-order valence-corrected chi connectivity index (χ4v) is 3.82. The Kier molecular flexibility index (Phi) is 4.16. The summed E-state index contributed by atoms with van der Waals surface area (Å²) in [6.45, 7) is 3.61. The van der Waals surface area contributed by atoms with Crippen LogP contribution in [0, 0.1) is 5.41 Å². The number of carbonyl (C=O) groups excluding carboxylic acids is 3. The smallest absolute Gasteiger partial charge is 0.249 e. The molecule has 2 aliphatic heterocycles. The van der Waals surface area contributed by atoms with Crippen molar-refractivity contribution in [2.75, 3.05) is 4.43 Å². The summed E-state index contributed by atoms with van der Waals surface area (Å²) in [6.07, 6.45) is 6.49. The SMILES string of the molecule is CC1=NC2C=CC(CI)=CC2(C)C(=O)N1C1CCC(=O)NC1=O. The quantitative estimate of drug-likeness (QED) is 0.411. The molecule has 6 nitrogen and oxygen atoms in total. The third-order valence-corrected chi connectivity index (χ3v) is 5.50. The van der Waals surface area contributed by atoms with E-state index in [1.165, 1.54) is 4.90 Å². The highest BCUT2D eigenvalue weighted by molar-refractivity contribution is 14.1. The van der Waals surface area contributed by atoms with E-state index in [4.69, 9.17) is 0 Å². The number of aliphatic imine (C=N–C) groups is 1. The maximum absolute atomic E-state index is 13.2. The zero-order valence-corrected chi connectivity index (χ0v) is 15.2. The normalized spacial score (nSPS) is 33.9. The molecule has 0 bridgehead atoms. The summed E-state index contributed by atoms with van der Waals surface area (Å²) >= 11 is 2.26. The molecule has 0 saturated carbocycles. The van der Waals surface area contributed by atoms with Crippen LogP contribution in [0.3, 0.4) is 0 Å². The minimum absolute atomic E-state index is 0.129. The summed E-state index contributed by atoms with van der Waals surface area (Å²) < 4.78 is 0.810. The lowest BCUT2D eigenvalue weighted by Gasteiger charge is -2.44. The fraction of sp³-hybridized carbons (Fsp3) is 0.500. The number of imide groups is 1. The molecule has 1 fully saturated rings. The topological polar surface area (TPSA) is 78.8 Å². The van der Waals surface area contributed by atoms with Gasteiger partial charge >= 0.3 is 0 Å².